The van der Waals surface area contributed by atoms with E-state index in [-0.39, 0.29) is 35.4 Å². The fraction of sp³-hybridized carbons (Fsp3) is 0.409. The van der Waals surface area contributed by atoms with Gasteiger partial charge >= 0.3 is 12.5 Å². The van der Waals surface area contributed by atoms with E-state index in [1.54, 1.807) is 0 Å². The van der Waals surface area contributed by atoms with Gasteiger partial charge in [0.25, 0.3) is 0 Å². The Labute approximate surface area is 212 Å². The first-order chi connectivity index (χ1) is 17.1. The summed E-state index contributed by atoms with van der Waals surface area (Å²) in [6, 6.07) is 8.96. The minimum Gasteiger partial charge on any atom is -0.465 e. The summed E-state index contributed by atoms with van der Waals surface area (Å²) in [5.41, 5.74) is 0. The van der Waals surface area contributed by atoms with Gasteiger partial charge in [0, 0.05) is 19.1 Å². The van der Waals surface area contributed by atoms with E-state index in [0.717, 1.165) is 18.4 Å². The molecule has 1 fully saturated rings. The van der Waals surface area contributed by atoms with Gasteiger partial charge in [-0.05, 0) is 67.3 Å². The molecule has 10 nitrogen and oxygen atoms in total. The number of nitrogens with one attached hydrogen (secondary N) is 1. The largest absolute Gasteiger partial charge is 0.573 e. The predicted octanol–water partition coefficient (Wildman–Crippen LogP) is 3.46. The van der Waals surface area contributed by atoms with Gasteiger partial charge in [-0.2, -0.15) is 0 Å². The predicted molar refractivity (Wildman–Crippen MR) is 126 cm³/mol. The van der Waals surface area contributed by atoms with Crippen molar-refractivity contribution in [3.63, 3.8) is 0 Å². The van der Waals surface area contributed by atoms with Crippen LogP contribution in [0.2, 0.25) is 0 Å². The summed E-state index contributed by atoms with van der Waals surface area (Å²) in [6.07, 6.45) is -4.53. The summed E-state index contributed by atoms with van der Waals surface area (Å²) >= 11 is 0. The van der Waals surface area contributed by atoms with Gasteiger partial charge < -0.3 is 19.9 Å². The van der Waals surface area contributed by atoms with Gasteiger partial charge in [0.1, 0.15) is 17.2 Å². The number of alkyl halides is 3. The van der Waals surface area contributed by atoms with E-state index in [2.05, 4.69) is 10.1 Å². The molecule has 0 saturated carbocycles. The number of piperidine rings is 1. The van der Waals surface area contributed by atoms with Crippen molar-refractivity contribution in [2.24, 2.45) is 5.92 Å². The van der Waals surface area contributed by atoms with Gasteiger partial charge in [0.05, 0.1) is 16.9 Å². The number of nitrogens with zero attached hydrogens (tertiary/aromatic N) is 1. The second kappa shape index (κ2) is 11.1. The Bertz CT molecular complexity index is 1290. The van der Waals surface area contributed by atoms with E-state index < -0.39 is 49.9 Å². The summed E-state index contributed by atoms with van der Waals surface area (Å²) in [4.78, 5) is 11.2. The SMILES string of the molecule is CS(=O)(=O)N1CCC(C(CS(=O)(=O)c2ccc(Oc3ccc(OC(F)(F)F)cc3)cc2)NC(=O)O)CC1. The maximum Gasteiger partial charge on any atom is 0.573 e. The number of carboxylic acid groups (broad SMARTS) is 1. The molecular weight excluding hydrogens is 541 g/mol. The number of hydrogen-bond acceptors (Lipinski definition) is 7. The number of hydrogen-bond donors (Lipinski definition) is 2. The van der Waals surface area contributed by atoms with Crippen LogP contribution in [-0.2, 0) is 19.9 Å². The summed E-state index contributed by atoms with van der Waals surface area (Å²) in [5.74, 6) is -0.916. The highest BCUT2D eigenvalue weighted by atomic mass is 32.2. The monoisotopic (exact) mass is 566 g/mol. The fourth-order valence-corrected chi connectivity index (χ4v) is 6.40. The molecule has 2 N–H and O–H groups in total. The Morgan fingerprint density at radius 2 is 1.49 bits per heavy atom. The lowest BCUT2D eigenvalue weighted by atomic mass is 9.91. The van der Waals surface area contributed by atoms with Crippen molar-refractivity contribution < 1.29 is 49.4 Å². The van der Waals surface area contributed by atoms with Gasteiger partial charge in [0.15, 0.2) is 9.84 Å². The number of halogens is 3. The Kier molecular flexibility index (Phi) is 8.59. The second-order valence-electron chi connectivity index (χ2n) is 8.43. The molecule has 1 heterocycles. The first-order valence-electron chi connectivity index (χ1n) is 10.9. The molecule has 1 aliphatic rings. The molecule has 0 radical (unpaired) electrons. The van der Waals surface area contributed by atoms with Crippen LogP contribution in [-0.4, -0.2) is 69.8 Å². The van der Waals surface area contributed by atoms with Crippen LogP contribution in [0.1, 0.15) is 12.8 Å². The van der Waals surface area contributed by atoms with E-state index in [4.69, 9.17) is 4.74 Å². The Hall–Kier alpha value is -3.04. The van der Waals surface area contributed by atoms with Gasteiger partial charge in [-0.3, -0.25) is 0 Å². The van der Waals surface area contributed by atoms with E-state index in [9.17, 15) is 39.9 Å². The average molecular weight is 567 g/mol. The maximum absolute atomic E-state index is 13.0. The molecule has 37 heavy (non-hydrogen) atoms. The van der Waals surface area contributed by atoms with Crippen molar-refractivity contribution in [2.75, 3.05) is 25.1 Å². The van der Waals surface area contributed by atoms with Gasteiger partial charge in [-0.15, -0.1) is 13.2 Å². The number of carbonyl (C=O) groups is 1. The lowest BCUT2D eigenvalue weighted by molar-refractivity contribution is -0.274. The summed E-state index contributed by atoms with van der Waals surface area (Å²) < 4.78 is 96.9. The van der Waals surface area contributed by atoms with E-state index in [1.165, 1.54) is 40.7 Å². The van der Waals surface area contributed by atoms with Crippen LogP contribution < -0.4 is 14.8 Å². The van der Waals surface area contributed by atoms with Crippen molar-refractivity contribution in [3.05, 3.63) is 48.5 Å². The van der Waals surface area contributed by atoms with Crippen molar-refractivity contribution in [1.82, 2.24) is 9.62 Å². The molecule has 1 unspecified atom stereocenters. The molecule has 0 bridgehead atoms. The second-order valence-corrected chi connectivity index (χ2v) is 12.4. The lowest BCUT2D eigenvalue weighted by Crippen LogP contribution is -2.49. The number of ether oxygens (including phenoxy) is 2. The number of amides is 1. The Morgan fingerprint density at radius 1 is 1.00 bits per heavy atom. The smallest absolute Gasteiger partial charge is 0.465 e. The molecule has 204 valence electrons. The molecule has 3 rings (SSSR count). The minimum absolute atomic E-state index is 0.0838. The molecule has 0 aliphatic carbocycles. The lowest BCUT2D eigenvalue weighted by Gasteiger charge is -2.34. The van der Waals surface area contributed by atoms with Crippen LogP contribution in [0.15, 0.2) is 53.4 Å². The average Bonchev–Trinajstić information content (AvgIpc) is 2.78. The quantitative estimate of drug-likeness (QED) is 0.471. The number of sulfone groups is 1. The zero-order chi connectivity index (χ0) is 27.4. The third kappa shape index (κ3) is 8.50. The number of benzene rings is 2. The van der Waals surface area contributed by atoms with Crippen molar-refractivity contribution in [3.8, 4) is 17.2 Å². The van der Waals surface area contributed by atoms with Gasteiger partial charge in [-0.25, -0.2) is 25.9 Å². The molecule has 1 amide bonds. The van der Waals surface area contributed by atoms with Crippen LogP contribution in [0, 0.1) is 5.92 Å². The molecule has 2 aromatic carbocycles. The molecule has 15 heteroatoms. The van der Waals surface area contributed by atoms with Crippen LogP contribution in [0.4, 0.5) is 18.0 Å². The standard InChI is InChI=1S/C22H25F3N2O8S2/c1-36(30,31)27-12-10-15(11-13-27)20(26-21(28)29)14-37(32,33)19-8-6-17(7-9-19)34-16-2-4-18(5-3-16)35-22(23,24)25/h2-9,15,20,26H,10-14H2,1H3,(H,28,29). The maximum atomic E-state index is 13.0. The molecule has 0 aromatic heterocycles. The minimum atomic E-state index is -4.82. The fourth-order valence-electron chi connectivity index (χ4n) is 3.96. The number of rotatable bonds is 9. The van der Waals surface area contributed by atoms with E-state index >= 15 is 0 Å². The third-order valence-electron chi connectivity index (χ3n) is 5.72. The van der Waals surface area contributed by atoms with Crippen LogP contribution in [0.5, 0.6) is 17.2 Å². The normalized spacial score (nSPS) is 16.6. The van der Waals surface area contributed by atoms with Crippen LogP contribution in [0.25, 0.3) is 0 Å². The van der Waals surface area contributed by atoms with E-state index in [0.29, 0.717) is 12.8 Å². The van der Waals surface area contributed by atoms with Crippen molar-refractivity contribution in [1.29, 1.82) is 0 Å². The molecule has 1 saturated heterocycles. The Balaban J connectivity index is 1.67. The summed E-state index contributed by atoms with van der Waals surface area (Å²) in [6.45, 7) is 0.327. The zero-order valence-electron chi connectivity index (χ0n) is 19.5. The van der Waals surface area contributed by atoms with E-state index in [1.807, 2.05) is 0 Å². The van der Waals surface area contributed by atoms with Gasteiger partial charge in [-0.1, -0.05) is 0 Å². The topological polar surface area (TPSA) is 139 Å². The molecular formula is C22H25F3N2O8S2. The van der Waals surface area contributed by atoms with Crippen molar-refractivity contribution in [2.45, 2.75) is 30.1 Å². The highest BCUT2D eigenvalue weighted by molar-refractivity contribution is 7.91. The van der Waals surface area contributed by atoms with Crippen molar-refractivity contribution >= 4 is 26.0 Å². The first kappa shape index (κ1) is 28.5. The molecule has 1 aliphatic heterocycles. The number of sulfonamides is 1. The molecule has 0 spiro atoms. The first-order valence-corrected chi connectivity index (χ1v) is 14.4. The molecule has 1 atom stereocenters. The Morgan fingerprint density at radius 3 is 1.95 bits per heavy atom. The summed E-state index contributed by atoms with van der Waals surface area (Å²) in [5, 5.41) is 11.5. The van der Waals surface area contributed by atoms with Crippen LogP contribution >= 0.6 is 0 Å². The summed E-state index contributed by atoms with van der Waals surface area (Å²) in [7, 11) is -7.34. The third-order valence-corrected chi connectivity index (χ3v) is 8.81. The van der Waals surface area contributed by atoms with Crippen LogP contribution in [0.3, 0.4) is 0 Å². The molecule has 2 aromatic rings. The zero-order valence-corrected chi connectivity index (χ0v) is 21.1. The highest BCUT2D eigenvalue weighted by Gasteiger charge is 2.34. The highest BCUT2D eigenvalue weighted by Crippen LogP contribution is 2.29. The van der Waals surface area contributed by atoms with Gasteiger partial charge in [0.2, 0.25) is 10.0 Å².